The summed E-state index contributed by atoms with van der Waals surface area (Å²) in [4.78, 5) is 4.83. The van der Waals surface area contributed by atoms with Crippen LogP contribution in [0.15, 0.2) is 44.9 Å². The lowest BCUT2D eigenvalue weighted by Crippen LogP contribution is -2.41. The van der Waals surface area contributed by atoms with E-state index in [1.165, 1.54) is 0 Å². The molecule has 2 aromatic rings. The highest BCUT2D eigenvalue weighted by Gasteiger charge is 2.16. The Balaban J connectivity index is 1.88. The van der Waals surface area contributed by atoms with E-state index in [9.17, 15) is 8.42 Å². The topological polar surface area (TPSA) is 82.6 Å². The highest BCUT2D eigenvalue weighted by Crippen LogP contribution is 2.16. The fourth-order valence-electron chi connectivity index (χ4n) is 2.34. The fraction of sp³-hybridized carbons (Fsp3) is 0.389. The van der Waals surface area contributed by atoms with E-state index in [-0.39, 0.29) is 6.54 Å². The first kappa shape index (κ1) is 20.4. The number of hydrogen-bond donors (Lipinski definition) is 3. The average molecular weight is 395 g/mol. The molecule has 0 spiro atoms. The van der Waals surface area contributed by atoms with E-state index in [1.807, 2.05) is 37.4 Å². The van der Waals surface area contributed by atoms with Crippen LogP contribution in [0.2, 0.25) is 0 Å². The largest absolute Gasteiger partial charge is 0.357 e. The Bertz CT molecular complexity index is 831. The zero-order valence-electron chi connectivity index (χ0n) is 15.4. The zero-order valence-corrected chi connectivity index (χ0v) is 17.0. The van der Waals surface area contributed by atoms with Crippen molar-refractivity contribution < 1.29 is 8.42 Å². The molecule has 0 saturated carbocycles. The Morgan fingerprint density at radius 2 is 1.96 bits per heavy atom. The monoisotopic (exact) mass is 394 g/mol. The lowest BCUT2D eigenvalue weighted by molar-refractivity contribution is 0.580. The number of nitrogens with zero attached hydrogens (tertiary/aromatic N) is 1. The van der Waals surface area contributed by atoms with Gasteiger partial charge in [-0.05, 0) is 60.4 Å². The van der Waals surface area contributed by atoms with E-state index < -0.39 is 10.0 Å². The van der Waals surface area contributed by atoms with Crippen LogP contribution in [0.3, 0.4) is 0 Å². The Kier molecular flexibility index (Phi) is 7.62. The first-order valence-electron chi connectivity index (χ1n) is 8.52. The van der Waals surface area contributed by atoms with Gasteiger partial charge in [-0.25, -0.2) is 18.1 Å². The van der Waals surface area contributed by atoms with Crippen molar-refractivity contribution in [3.05, 3.63) is 51.7 Å². The molecule has 0 amide bonds. The van der Waals surface area contributed by atoms with Crippen molar-refractivity contribution in [2.24, 2.45) is 4.99 Å². The molecule has 2 rings (SSSR count). The van der Waals surface area contributed by atoms with Gasteiger partial charge in [0.25, 0.3) is 0 Å². The minimum Gasteiger partial charge on any atom is -0.357 e. The molecule has 0 unspecified atom stereocenters. The Morgan fingerprint density at radius 3 is 2.65 bits per heavy atom. The molecule has 142 valence electrons. The summed E-state index contributed by atoms with van der Waals surface area (Å²) in [6.45, 7) is 7.72. The van der Waals surface area contributed by atoms with Gasteiger partial charge in [0, 0.05) is 19.6 Å². The van der Waals surface area contributed by atoms with Crippen molar-refractivity contribution >= 4 is 27.3 Å². The predicted molar refractivity (Wildman–Crippen MR) is 108 cm³/mol. The van der Waals surface area contributed by atoms with Gasteiger partial charge in [0.05, 0.1) is 11.4 Å². The fourth-order valence-corrected chi connectivity index (χ4v) is 4.35. The maximum Gasteiger partial charge on any atom is 0.240 e. The maximum atomic E-state index is 12.5. The molecule has 0 atom stereocenters. The summed E-state index contributed by atoms with van der Waals surface area (Å²) in [5.41, 5.74) is 2.81. The van der Waals surface area contributed by atoms with Crippen molar-refractivity contribution in [1.29, 1.82) is 0 Å². The molecule has 0 fully saturated rings. The molecule has 0 bridgehead atoms. The van der Waals surface area contributed by atoms with Gasteiger partial charge in [-0.1, -0.05) is 12.1 Å². The molecule has 26 heavy (non-hydrogen) atoms. The number of sulfonamides is 1. The summed E-state index contributed by atoms with van der Waals surface area (Å²) in [6.07, 6.45) is 0. The number of benzene rings is 1. The first-order valence-corrected chi connectivity index (χ1v) is 10.9. The molecule has 0 radical (unpaired) electrons. The molecule has 1 aromatic carbocycles. The van der Waals surface area contributed by atoms with Crippen LogP contribution in [0, 0.1) is 13.8 Å². The number of rotatable bonds is 8. The SMILES string of the molecule is CCNC(=NCc1ccsc1)NCCNS(=O)(=O)c1cc(C)ccc1C. The molecule has 0 saturated heterocycles. The number of aliphatic imine (C=N–C) groups is 1. The summed E-state index contributed by atoms with van der Waals surface area (Å²) in [6, 6.07) is 7.46. The van der Waals surface area contributed by atoms with Crippen molar-refractivity contribution in [3.63, 3.8) is 0 Å². The number of aryl methyl sites for hydroxylation is 2. The van der Waals surface area contributed by atoms with Gasteiger partial charge in [0.15, 0.2) is 5.96 Å². The second-order valence-corrected chi connectivity index (χ2v) is 8.44. The smallest absolute Gasteiger partial charge is 0.240 e. The van der Waals surface area contributed by atoms with Crippen molar-refractivity contribution in [1.82, 2.24) is 15.4 Å². The second kappa shape index (κ2) is 9.70. The molecule has 0 aliphatic heterocycles. The summed E-state index contributed by atoms with van der Waals surface area (Å²) in [5.74, 6) is 0.671. The number of nitrogens with one attached hydrogen (secondary N) is 3. The highest BCUT2D eigenvalue weighted by molar-refractivity contribution is 7.89. The third kappa shape index (κ3) is 6.12. The molecule has 8 heteroatoms. The van der Waals surface area contributed by atoms with E-state index in [0.29, 0.717) is 23.9 Å². The lowest BCUT2D eigenvalue weighted by Gasteiger charge is -2.13. The molecule has 0 aliphatic rings. The van der Waals surface area contributed by atoms with Gasteiger partial charge < -0.3 is 10.6 Å². The van der Waals surface area contributed by atoms with Gasteiger partial charge in [0.1, 0.15) is 0 Å². The normalized spacial score (nSPS) is 12.2. The summed E-state index contributed by atoms with van der Waals surface area (Å²) >= 11 is 1.64. The van der Waals surface area contributed by atoms with Crippen LogP contribution < -0.4 is 15.4 Å². The minimum atomic E-state index is -3.52. The van der Waals surface area contributed by atoms with E-state index in [4.69, 9.17) is 0 Å². The van der Waals surface area contributed by atoms with E-state index >= 15 is 0 Å². The molecular formula is C18H26N4O2S2. The molecule has 1 heterocycles. The first-order chi connectivity index (χ1) is 12.4. The van der Waals surface area contributed by atoms with Gasteiger partial charge in [-0.15, -0.1) is 0 Å². The van der Waals surface area contributed by atoms with Crippen LogP contribution >= 0.6 is 11.3 Å². The van der Waals surface area contributed by atoms with Crippen LogP contribution in [0.4, 0.5) is 0 Å². The minimum absolute atomic E-state index is 0.276. The van der Waals surface area contributed by atoms with E-state index in [2.05, 4.69) is 25.7 Å². The second-order valence-electron chi connectivity index (χ2n) is 5.92. The Hall–Kier alpha value is -1.90. The van der Waals surface area contributed by atoms with Crippen molar-refractivity contribution in [3.8, 4) is 0 Å². The molecular weight excluding hydrogens is 368 g/mol. The third-order valence-electron chi connectivity index (χ3n) is 3.69. The molecule has 3 N–H and O–H groups in total. The predicted octanol–water partition coefficient (Wildman–Crippen LogP) is 2.40. The summed E-state index contributed by atoms with van der Waals surface area (Å²) in [5, 5.41) is 10.4. The van der Waals surface area contributed by atoms with Crippen LogP contribution in [-0.4, -0.2) is 34.0 Å². The van der Waals surface area contributed by atoms with Crippen molar-refractivity contribution in [2.45, 2.75) is 32.2 Å². The maximum absolute atomic E-state index is 12.5. The van der Waals surface area contributed by atoms with E-state index in [0.717, 1.165) is 23.2 Å². The van der Waals surface area contributed by atoms with Gasteiger partial charge in [-0.2, -0.15) is 11.3 Å². The Labute approximate surface area is 159 Å². The quantitative estimate of drug-likeness (QED) is 0.365. The Morgan fingerprint density at radius 1 is 1.15 bits per heavy atom. The van der Waals surface area contributed by atoms with Gasteiger partial charge in [-0.3, -0.25) is 0 Å². The van der Waals surface area contributed by atoms with Gasteiger partial charge in [0.2, 0.25) is 10.0 Å². The van der Waals surface area contributed by atoms with Gasteiger partial charge >= 0.3 is 0 Å². The van der Waals surface area contributed by atoms with Crippen LogP contribution in [0.25, 0.3) is 0 Å². The average Bonchev–Trinajstić information content (AvgIpc) is 3.12. The standard InChI is InChI=1S/C18H26N4O2S2/c1-4-19-18(21-12-16-7-10-25-13-16)20-8-9-22-26(23,24)17-11-14(2)5-6-15(17)3/h5-7,10-11,13,22H,4,8-9,12H2,1-3H3,(H2,19,20,21). The zero-order chi connectivity index (χ0) is 19.0. The number of thiophene rings is 1. The number of guanidine groups is 1. The van der Waals surface area contributed by atoms with Crippen LogP contribution in [0.5, 0.6) is 0 Å². The molecule has 6 nitrogen and oxygen atoms in total. The van der Waals surface area contributed by atoms with E-state index in [1.54, 1.807) is 24.3 Å². The van der Waals surface area contributed by atoms with Crippen molar-refractivity contribution in [2.75, 3.05) is 19.6 Å². The van der Waals surface area contributed by atoms with Crippen LogP contribution in [0.1, 0.15) is 23.6 Å². The highest BCUT2D eigenvalue weighted by atomic mass is 32.2. The lowest BCUT2D eigenvalue weighted by atomic mass is 10.2. The third-order valence-corrected chi connectivity index (χ3v) is 6.02. The summed E-state index contributed by atoms with van der Waals surface area (Å²) in [7, 11) is -3.52. The van der Waals surface area contributed by atoms with Crippen LogP contribution in [-0.2, 0) is 16.6 Å². The summed E-state index contributed by atoms with van der Waals surface area (Å²) < 4.78 is 27.6. The molecule has 1 aromatic heterocycles. The molecule has 0 aliphatic carbocycles. The number of hydrogen-bond acceptors (Lipinski definition) is 4.